The van der Waals surface area contributed by atoms with Crippen LogP contribution in [0.15, 0.2) is 60.4 Å². The Morgan fingerprint density at radius 3 is 2.62 bits per heavy atom. The highest BCUT2D eigenvalue weighted by Crippen LogP contribution is 2.24. The normalized spacial score (nSPS) is 10.9. The van der Waals surface area contributed by atoms with Crippen LogP contribution in [0.5, 0.6) is 0 Å². The molecule has 0 aliphatic heterocycles. The fraction of sp³-hybridized carbons (Fsp3) is 0.0556. The number of hydrogen-bond acceptors (Lipinski definition) is 4. The summed E-state index contributed by atoms with van der Waals surface area (Å²) < 4.78 is 1.83. The largest absolute Gasteiger partial charge is 0.321 e. The number of carbonyl (C=O) groups is 1. The highest BCUT2D eigenvalue weighted by molar-refractivity contribution is 7.15. The number of pyridine rings is 1. The number of hydrogen-bond donors (Lipinski definition) is 1. The number of imidazole rings is 1. The number of nitrogens with zero attached hydrogens (tertiary/aromatic N) is 3. The number of benzene rings is 1. The van der Waals surface area contributed by atoms with Gasteiger partial charge in [0.15, 0.2) is 4.96 Å². The van der Waals surface area contributed by atoms with Crippen LogP contribution in [0.4, 0.5) is 5.69 Å². The quantitative estimate of drug-likeness (QED) is 0.615. The summed E-state index contributed by atoms with van der Waals surface area (Å²) in [5.74, 6) is -0.166. The molecule has 0 fully saturated rings. The Morgan fingerprint density at radius 1 is 1.12 bits per heavy atom. The van der Waals surface area contributed by atoms with Gasteiger partial charge < -0.3 is 5.32 Å². The van der Waals surface area contributed by atoms with Gasteiger partial charge in [-0.15, -0.1) is 11.3 Å². The van der Waals surface area contributed by atoms with Gasteiger partial charge in [0, 0.05) is 35.2 Å². The number of fused-ring (bicyclic) bond motifs is 1. The molecule has 0 atom stereocenters. The highest BCUT2D eigenvalue weighted by Gasteiger charge is 2.15. The van der Waals surface area contributed by atoms with E-state index >= 15 is 0 Å². The molecule has 4 rings (SSSR count). The van der Waals surface area contributed by atoms with Crippen LogP contribution in [-0.2, 0) is 0 Å². The molecule has 3 heterocycles. The molecule has 6 heteroatoms. The van der Waals surface area contributed by atoms with Gasteiger partial charge in [-0.05, 0) is 19.1 Å². The first-order chi connectivity index (χ1) is 11.7. The zero-order valence-corrected chi connectivity index (χ0v) is 13.7. The van der Waals surface area contributed by atoms with Gasteiger partial charge in [0.1, 0.15) is 5.69 Å². The van der Waals surface area contributed by atoms with Crippen molar-refractivity contribution in [3.8, 4) is 11.3 Å². The van der Waals surface area contributed by atoms with Crippen molar-refractivity contribution in [1.29, 1.82) is 0 Å². The molecular weight excluding hydrogens is 320 g/mol. The summed E-state index contributed by atoms with van der Waals surface area (Å²) in [6.07, 6.45) is 5.19. The Hall–Kier alpha value is -2.99. The number of carbonyl (C=O) groups excluding carboxylic acids is 1. The van der Waals surface area contributed by atoms with Crippen LogP contribution in [0.3, 0.4) is 0 Å². The molecule has 0 bridgehead atoms. The number of aryl methyl sites for hydroxylation is 1. The molecule has 4 aromatic rings. The van der Waals surface area contributed by atoms with Crippen LogP contribution in [-0.4, -0.2) is 20.3 Å². The van der Waals surface area contributed by atoms with Gasteiger partial charge in [0.2, 0.25) is 0 Å². The number of rotatable bonds is 3. The van der Waals surface area contributed by atoms with E-state index in [-0.39, 0.29) is 5.91 Å². The third kappa shape index (κ3) is 2.68. The molecule has 24 heavy (non-hydrogen) atoms. The molecule has 5 nitrogen and oxygen atoms in total. The summed E-state index contributed by atoms with van der Waals surface area (Å²) >= 11 is 1.45. The molecular formula is C18H14N4OS. The summed E-state index contributed by atoms with van der Waals surface area (Å²) in [7, 11) is 0. The predicted molar refractivity (Wildman–Crippen MR) is 95.4 cm³/mol. The van der Waals surface area contributed by atoms with Crippen molar-refractivity contribution in [2.24, 2.45) is 0 Å². The molecule has 1 N–H and O–H groups in total. The summed E-state index contributed by atoms with van der Waals surface area (Å²) in [6, 6.07) is 11.7. The number of thiazole rings is 1. The minimum Gasteiger partial charge on any atom is -0.321 e. The Labute approximate surface area is 142 Å². The molecule has 118 valence electrons. The van der Waals surface area contributed by atoms with Gasteiger partial charge in [-0.2, -0.15) is 0 Å². The van der Waals surface area contributed by atoms with Crippen LogP contribution in [0, 0.1) is 6.92 Å². The van der Waals surface area contributed by atoms with Crippen LogP contribution >= 0.6 is 11.3 Å². The molecule has 0 radical (unpaired) electrons. The highest BCUT2D eigenvalue weighted by atomic mass is 32.1. The lowest BCUT2D eigenvalue weighted by molar-refractivity contribution is 0.102. The van der Waals surface area contributed by atoms with E-state index in [2.05, 4.69) is 34.3 Å². The maximum atomic E-state index is 12.5. The number of anilines is 1. The molecule has 0 saturated carbocycles. The second-order valence-corrected chi connectivity index (χ2v) is 6.29. The Kier molecular flexibility index (Phi) is 3.59. The second kappa shape index (κ2) is 5.90. The van der Waals surface area contributed by atoms with Crippen LogP contribution in [0.1, 0.15) is 16.1 Å². The third-order valence-corrected chi connectivity index (χ3v) is 4.57. The van der Waals surface area contributed by atoms with Crippen molar-refractivity contribution in [3.63, 3.8) is 0 Å². The van der Waals surface area contributed by atoms with E-state index < -0.39 is 0 Å². The van der Waals surface area contributed by atoms with E-state index in [1.165, 1.54) is 16.9 Å². The minimum atomic E-state index is -0.166. The van der Waals surface area contributed by atoms with Crippen LogP contribution < -0.4 is 5.32 Å². The van der Waals surface area contributed by atoms with Gasteiger partial charge in [-0.25, -0.2) is 4.98 Å². The van der Waals surface area contributed by atoms with Gasteiger partial charge in [-0.3, -0.25) is 14.2 Å². The zero-order valence-electron chi connectivity index (χ0n) is 12.9. The van der Waals surface area contributed by atoms with Crippen molar-refractivity contribution in [2.45, 2.75) is 6.92 Å². The average Bonchev–Trinajstić information content (AvgIpc) is 3.17. The van der Waals surface area contributed by atoms with Gasteiger partial charge in [0.05, 0.1) is 5.69 Å². The van der Waals surface area contributed by atoms with E-state index in [4.69, 9.17) is 0 Å². The average molecular weight is 334 g/mol. The molecule has 0 saturated heterocycles. The van der Waals surface area contributed by atoms with Crippen molar-refractivity contribution in [2.75, 3.05) is 5.32 Å². The smallest absolute Gasteiger partial charge is 0.273 e. The van der Waals surface area contributed by atoms with Crippen molar-refractivity contribution in [1.82, 2.24) is 14.4 Å². The molecule has 3 aromatic heterocycles. The Bertz CT molecular complexity index is 1000. The molecule has 0 aliphatic carbocycles. The van der Waals surface area contributed by atoms with Gasteiger partial charge >= 0.3 is 0 Å². The lowest BCUT2D eigenvalue weighted by Gasteiger charge is -2.03. The first-order valence-electron chi connectivity index (χ1n) is 7.46. The van der Waals surface area contributed by atoms with E-state index in [0.717, 1.165) is 16.2 Å². The summed E-state index contributed by atoms with van der Waals surface area (Å²) in [4.78, 5) is 21.9. The lowest BCUT2D eigenvalue weighted by atomic mass is 10.1. The van der Waals surface area contributed by atoms with Crippen molar-refractivity contribution < 1.29 is 4.79 Å². The van der Waals surface area contributed by atoms with Crippen molar-refractivity contribution in [3.05, 3.63) is 71.6 Å². The molecule has 1 amide bonds. The van der Waals surface area contributed by atoms with E-state index in [1.54, 1.807) is 24.5 Å². The molecule has 0 spiro atoms. The maximum Gasteiger partial charge on any atom is 0.273 e. The number of amides is 1. The van der Waals surface area contributed by atoms with Gasteiger partial charge in [0.25, 0.3) is 5.91 Å². The summed E-state index contributed by atoms with van der Waals surface area (Å²) in [5.41, 5.74) is 4.39. The summed E-state index contributed by atoms with van der Waals surface area (Å²) in [5, 5.41) is 4.69. The van der Waals surface area contributed by atoms with E-state index in [0.29, 0.717) is 11.4 Å². The van der Waals surface area contributed by atoms with E-state index in [9.17, 15) is 4.79 Å². The van der Waals surface area contributed by atoms with Crippen LogP contribution in [0.25, 0.3) is 16.2 Å². The van der Waals surface area contributed by atoms with Gasteiger partial charge in [-0.1, -0.05) is 29.8 Å². The van der Waals surface area contributed by atoms with E-state index in [1.807, 2.05) is 28.1 Å². The zero-order chi connectivity index (χ0) is 16.5. The van der Waals surface area contributed by atoms with Crippen LogP contribution in [0.2, 0.25) is 0 Å². The second-order valence-electron chi connectivity index (χ2n) is 5.46. The SMILES string of the molecule is Cc1ccc(-c2cn3c(C(=O)Nc4ccncc4)csc3n2)cc1. The number of aromatic nitrogens is 3. The monoisotopic (exact) mass is 334 g/mol. The predicted octanol–water partition coefficient (Wildman–Crippen LogP) is 4.02. The lowest BCUT2D eigenvalue weighted by Crippen LogP contribution is -2.13. The number of nitrogens with one attached hydrogen (secondary N) is 1. The summed E-state index contributed by atoms with van der Waals surface area (Å²) in [6.45, 7) is 2.05. The fourth-order valence-corrected chi connectivity index (χ4v) is 3.29. The Morgan fingerprint density at radius 2 is 1.88 bits per heavy atom. The molecule has 0 unspecified atom stereocenters. The first-order valence-corrected chi connectivity index (χ1v) is 8.34. The first kappa shape index (κ1) is 14.6. The third-order valence-electron chi connectivity index (χ3n) is 3.73. The standard InChI is InChI=1S/C18H14N4OS/c1-12-2-4-13(5-3-12)15-10-22-16(11-24-18(22)21-15)17(23)20-14-6-8-19-9-7-14/h2-11H,1H3,(H,19,20,23). The molecule has 1 aromatic carbocycles. The minimum absolute atomic E-state index is 0.166. The molecule has 0 aliphatic rings. The fourth-order valence-electron chi connectivity index (χ4n) is 2.44. The van der Waals surface area contributed by atoms with Crippen molar-refractivity contribution >= 4 is 27.9 Å². The Balaban J connectivity index is 1.67. The maximum absolute atomic E-state index is 12.5. The topological polar surface area (TPSA) is 59.3 Å².